The lowest BCUT2D eigenvalue weighted by atomic mass is 10.5. The molecule has 5 nitrogen and oxygen atoms in total. The van der Waals surface area contributed by atoms with Crippen molar-refractivity contribution in [3.8, 4) is 0 Å². The highest BCUT2D eigenvalue weighted by Gasteiger charge is 2.27. The molecule has 0 aliphatic carbocycles. The highest BCUT2D eigenvalue weighted by Crippen LogP contribution is 2.37. The van der Waals surface area contributed by atoms with Crippen LogP contribution in [0.3, 0.4) is 0 Å². The van der Waals surface area contributed by atoms with Crippen molar-refractivity contribution < 1.29 is 24.4 Å². The fourth-order valence-corrected chi connectivity index (χ4v) is 7.57. The highest BCUT2D eigenvalue weighted by molar-refractivity contribution is 8.10. The van der Waals surface area contributed by atoms with E-state index in [1.807, 2.05) is 11.8 Å². The van der Waals surface area contributed by atoms with Crippen molar-refractivity contribution in [3.63, 3.8) is 0 Å². The first-order valence-corrected chi connectivity index (χ1v) is 18.6. The summed E-state index contributed by atoms with van der Waals surface area (Å²) in [7, 11) is 0. The van der Waals surface area contributed by atoms with Gasteiger partial charge in [-0.15, -0.1) is 34.8 Å². The van der Waals surface area contributed by atoms with Gasteiger partial charge in [-0.05, 0) is 0 Å². The molecule has 5 aliphatic heterocycles. The fraction of sp³-hybridized carbons (Fsp3) is 1.00. The summed E-state index contributed by atoms with van der Waals surface area (Å²) in [5.41, 5.74) is 0. The topological polar surface area (TPSA) is 78.0 Å². The molecule has 0 bridgehead atoms. The van der Waals surface area contributed by atoms with Crippen molar-refractivity contribution >= 4 is 93.6 Å². The minimum absolute atomic E-state index is 0.240. The van der Waals surface area contributed by atoms with E-state index in [2.05, 4.69) is 35.3 Å². The van der Waals surface area contributed by atoms with Gasteiger partial charge in [-0.1, -0.05) is 0 Å². The van der Waals surface area contributed by atoms with Crippen LogP contribution in [0.4, 0.5) is 0 Å². The zero-order chi connectivity index (χ0) is 24.6. The first kappa shape index (κ1) is 32.6. The van der Waals surface area contributed by atoms with Crippen LogP contribution >= 0.6 is 93.6 Å². The van der Waals surface area contributed by atoms with E-state index in [1.165, 1.54) is 46.3 Å². The average Bonchev–Trinajstić information content (AvgIpc) is 3.67. The Kier molecular flexibility index (Phi) is 19.5. The number of aliphatic hydroxyl groups excluding tert-OH is 2. The summed E-state index contributed by atoms with van der Waals surface area (Å²) in [6.07, 6.45) is 0.590. The number of hydrogen-bond acceptors (Lipinski definition) is 10. The third-order valence-corrected chi connectivity index (χ3v) is 11.5. The van der Waals surface area contributed by atoms with Crippen LogP contribution in [-0.4, -0.2) is 135 Å². The lowest BCUT2D eigenvalue weighted by molar-refractivity contribution is 0.218. The van der Waals surface area contributed by atoms with E-state index >= 15 is 0 Å². The molecule has 202 valence electrons. The second-order valence-electron chi connectivity index (χ2n) is 8.16. The number of thioether (sulfide) groups is 5. The van der Waals surface area contributed by atoms with Gasteiger partial charge in [0.2, 0.25) is 0 Å². The van der Waals surface area contributed by atoms with Crippen LogP contribution in [0.2, 0.25) is 0 Å². The first-order valence-electron chi connectivity index (χ1n) is 11.4. The van der Waals surface area contributed by atoms with E-state index in [0.717, 1.165) is 30.3 Å². The Morgan fingerprint density at radius 3 is 1.32 bits per heavy atom. The third kappa shape index (κ3) is 22.4. The van der Waals surface area contributed by atoms with Gasteiger partial charge in [0, 0.05) is 68.3 Å². The molecule has 0 aromatic rings. The normalized spacial score (nSPS) is 30.8. The minimum atomic E-state index is -0.482. The summed E-state index contributed by atoms with van der Waals surface area (Å²) < 4.78 is 14.8. The van der Waals surface area contributed by atoms with Crippen LogP contribution in [0.1, 0.15) is 0 Å². The van der Waals surface area contributed by atoms with Gasteiger partial charge >= 0.3 is 0 Å². The predicted octanol–water partition coefficient (Wildman–Crippen LogP) is 4.01. The standard InChI is InChI=1S/C6H12Cl2O2S.C6H10O2S.C6H10S3.C3H5ClO/c7-1-5(9)3-11-4-6(10)2-8;1-5(7-1)3-9-4-6-2-8-6;1(5-3-8-5)7-2-6-4-9-6;4-1-3-2-5-3/h5-6,9-10H,1-4H2;2*5-6H,1-4H2;3H,1-2H2. The number of alkyl halides is 3. The Labute approximate surface area is 240 Å². The average molecular weight is 636 g/mol. The molecule has 0 spiro atoms. The number of ether oxygens (including phenoxy) is 3. The molecule has 5 fully saturated rings. The molecule has 5 aliphatic rings. The molecule has 5 saturated heterocycles. The second-order valence-corrected chi connectivity index (χ2v) is 15.0. The zero-order valence-electron chi connectivity index (χ0n) is 19.2. The smallest absolute Gasteiger partial charge is 0.0944 e. The lowest BCUT2D eigenvalue weighted by Crippen LogP contribution is -2.16. The molecule has 0 aromatic carbocycles. The van der Waals surface area contributed by atoms with Crippen molar-refractivity contribution in [2.45, 2.75) is 41.0 Å². The summed E-state index contributed by atoms with van der Waals surface area (Å²) in [5, 5.41) is 20.0. The quantitative estimate of drug-likeness (QED) is 0.204. The van der Waals surface area contributed by atoms with Crippen LogP contribution in [-0.2, 0) is 14.2 Å². The number of epoxide rings is 3. The largest absolute Gasteiger partial charge is 0.391 e. The minimum Gasteiger partial charge on any atom is -0.391 e. The van der Waals surface area contributed by atoms with Gasteiger partial charge in [0.15, 0.2) is 0 Å². The maximum atomic E-state index is 8.98. The molecular formula is C21H37Cl3O5S5. The number of halogens is 3. The third-order valence-electron chi connectivity index (χ3n) is 4.38. The van der Waals surface area contributed by atoms with E-state index in [0.29, 0.717) is 35.7 Å². The molecule has 34 heavy (non-hydrogen) atoms. The van der Waals surface area contributed by atoms with E-state index in [9.17, 15) is 0 Å². The van der Waals surface area contributed by atoms with Gasteiger partial charge in [0.1, 0.15) is 0 Å². The van der Waals surface area contributed by atoms with Gasteiger partial charge in [-0.2, -0.15) is 58.8 Å². The van der Waals surface area contributed by atoms with E-state index in [4.69, 9.17) is 59.2 Å². The van der Waals surface area contributed by atoms with E-state index < -0.39 is 12.2 Å². The molecule has 5 rings (SSSR count). The van der Waals surface area contributed by atoms with Crippen LogP contribution in [0.25, 0.3) is 0 Å². The molecule has 5 heterocycles. The SMILES string of the molecule is C(SCC1CS1)C1CS1.C1OC1CSCC1CO1.ClCC1CO1.OC(CCl)CSCC(O)CCl. The zero-order valence-corrected chi connectivity index (χ0v) is 25.6. The van der Waals surface area contributed by atoms with Gasteiger partial charge < -0.3 is 24.4 Å². The Morgan fingerprint density at radius 1 is 0.676 bits per heavy atom. The van der Waals surface area contributed by atoms with E-state index in [-0.39, 0.29) is 11.8 Å². The molecule has 0 amide bonds. The van der Waals surface area contributed by atoms with Crippen LogP contribution in [0, 0.1) is 0 Å². The number of rotatable bonds is 15. The van der Waals surface area contributed by atoms with Crippen molar-refractivity contribution in [2.24, 2.45) is 0 Å². The second kappa shape index (κ2) is 20.3. The Hall–Kier alpha value is 2.42. The Bertz CT molecular complexity index is 439. The van der Waals surface area contributed by atoms with Gasteiger partial charge in [0.05, 0.1) is 56.2 Å². The highest BCUT2D eigenvalue weighted by atomic mass is 35.5. The molecule has 0 saturated carbocycles. The maximum absolute atomic E-state index is 8.98. The molecule has 0 aromatic heterocycles. The first-order chi connectivity index (χ1) is 16.5. The number of aliphatic hydroxyl groups is 2. The molecule has 7 unspecified atom stereocenters. The molecule has 13 heteroatoms. The maximum Gasteiger partial charge on any atom is 0.0944 e. The van der Waals surface area contributed by atoms with Crippen LogP contribution in [0.15, 0.2) is 0 Å². The van der Waals surface area contributed by atoms with Crippen molar-refractivity contribution in [3.05, 3.63) is 0 Å². The Morgan fingerprint density at radius 2 is 1.06 bits per heavy atom. The fourth-order valence-electron chi connectivity index (χ4n) is 1.91. The predicted molar refractivity (Wildman–Crippen MR) is 158 cm³/mol. The molecule has 2 N–H and O–H groups in total. The van der Waals surface area contributed by atoms with Crippen LogP contribution in [0.5, 0.6) is 0 Å². The lowest BCUT2D eigenvalue weighted by Gasteiger charge is -2.08. The van der Waals surface area contributed by atoms with Gasteiger partial charge in [-0.3, -0.25) is 0 Å². The summed E-state index contributed by atoms with van der Waals surface area (Å²) in [6.45, 7) is 2.85. The van der Waals surface area contributed by atoms with Crippen molar-refractivity contribution in [2.75, 3.05) is 83.5 Å². The van der Waals surface area contributed by atoms with Crippen LogP contribution < -0.4 is 0 Å². The molecule has 7 atom stereocenters. The van der Waals surface area contributed by atoms with Gasteiger partial charge in [-0.25, -0.2) is 0 Å². The molecular weight excluding hydrogens is 599 g/mol. The summed E-state index contributed by atoms with van der Waals surface area (Å²) >= 11 is 25.7. The van der Waals surface area contributed by atoms with Gasteiger partial charge in [0.25, 0.3) is 0 Å². The van der Waals surface area contributed by atoms with Crippen molar-refractivity contribution in [1.82, 2.24) is 0 Å². The van der Waals surface area contributed by atoms with E-state index in [1.54, 1.807) is 0 Å². The van der Waals surface area contributed by atoms with Crippen molar-refractivity contribution in [1.29, 1.82) is 0 Å². The summed E-state index contributed by atoms with van der Waals surface area (Å²) in [5.74, 6) is 10.3. The Balaban J connectivity index is 0.000000164. The number of hydrogen-bond donors (Lipinski definition) is 2. The summed E-state index contributed by atoms with van der Waals surface area (Å²) in [4.78, 5) is 0. The molecule has 0 radical (unpaired) electrons. The summed E-state index contributed by atoms with van der Waals surface area (Å²) in [6, 6.07) is 0. The monoisotopic (exact) mass is 634 g/mol.